The second-order valence-corrected chi connectivity index (χ2v) is 4.60. The van der Waals surface area contributed by atoms with Crippen LogP contribution in [0.1, 0.15) is 20.8 Å². The molecule has 1 aliphatic rings. The Hall–Kier alpha value is -0.570. The van der Waals surface area contributed by atoms with Crippen molar-refractivity contribution in [3.05, 3.63) is 0 Å². The first-order valence-corrected chi connectivity index (χ1v) is 4.48. The van der Waals surface area contributed by atoms with Gasteiger partial charge in [0.2, 0.25) is 0 Å². The van der Waals surface area contributed by atoms with Crippen LogP contribution in [-0.2, 0) is 0 Å². The SMILES string of the molecule is CC1CN(CC(C)(C)C(=N)N)C1. The molecule has 0 aliphatic carbocycles. The highest BCUT2D eigenvalue weighted by atomic mass is 15.2. The lowest BCUT2D eigenvalue weighted by molar-refractivity contribution is 0.0864. The van der Waals surface area contributed by atoms with Gasteiger partial charge in [-0.25, -0.2) is 0 Å². The molecule has 3 nitrogen and oxygen atoms in total. The minimum Gasteiger partial charge on any atom is -0.387 e. The molecule has 0 unspecified atom stereocenters. The van der Waals surface area contributed by atoms with Gasteiger partial charge in [-0.05, 0) is 5.92 Å². The van der Waals surface area contributed by atoms with Crippen molar-refractivity contribution in [2.75, 3.05) is 19.6 Å². The Balaban J connectivity index is 2.35. The quantitative estimate of drug-likeness (QED) is 0.487. The van der Waals surface area contributed by atoms with E-state index >= 15 is 0 Å². The van der Waals surface area contributed by atoms with Gasteiger partial charge in [-0.3, -0.25) is 5.41 Å². The van der Waals surface area contributed by atoms with E-state index in [2.05, 4.69) is 11.8 Å². The fourth-order valence-corrected chi connectivity index (χ4v) is 1.60. The molecule has 3 heteroatoms. The van der Waals surface area contributed by atoms with Crippen molar-refractivity contribution in [2.45, 2.75) is 20.8 Å². The Labute approximate surface area is 74.4 Å². The second kappa shape index (κ2) is 3.05. The van der Waals surface area contributed by atoms with Crippen molar-refractivity contribution in [1.29, 1.82) is 5.41 Å². The summed E-state index contributed by atoms with van der Waals surface area (Å²) < 4.78 is 0. The average Bonchev–Trinajstić information content (AvgIpc) is 1.83. The highest BCUT2D eigenvalue weighted by Gasteiger charge is 2.30. The molecule has 1 rings (SSSR count). The van der Waals surface area contributed by atoms with Gasteiger partial charge in [0.1, 0.15) is 0 Å². The molecule has 1 aliphatic heterocycles. The van der Waals surface area contributed by atoms with Crippen molar-refractivity contribution >= 4 is 5.84 Å². The van der Waals surface area contributed by atoms with Crippen molar-refractivity contribution in [3.63, 3.8) is 0 Å². The second-order valence-electron chi connectivity index (χ2n) is 4.60. The fourth-order valence-electron chi connectivity index (χ4n) is 1.60. The predicted octanol–water partition coefficient (Wildman–Crippen LogP) is 0.900. The van der Waals surface area contributed by atoms with E-state index in [-0.39, 0.29) is 5.41 Å². The van der Waals surface area contributed by atoms with E-state index < -0.39 is 0 Å². The van der Waals surface area contributed by atoms with Crippen LogP contribution in [0.5, 0.6) is 0 Å². The van der Waals surface area contributed by atoms with Crippen LogP contribution in [0.2, 0.25) is 0 Å². The number of hydrogen-bond acceptors (Lipinski definition) is 2. The minimum atomic E-state index is -0.153. The van der Waals surface area contributed by atoms with E-state index in [1.807, 2.05) is 13.8 Å². The molecular weight excluding hydrogens is 150 g/mol. The third kappa shape index (κ3) is 1.97. The van der Waals surface area contributed by atoms with Gasteiger partial charge in [-0.1, -0.05) is 20.8 Å². The Morgan fingerprint density at radius 3 is 2.42 bits per heavy atom. The zero-order valence-corrected chi connectivity index (χ0v) is 8.22. The molecular formula is C9H19N3. The van der Waals surface area contributed by atoms with Gasteiger partial charge in [-0.15, -0.1) is 0 Å². The Morgan fingerprint density at radius 1 is 1.58 bits per heavy atom. The molecule has 0 spiro atoms. The summed E-state index contributed by atoms with van der Waals surface area (Å²) in [7, 11) is 0. The van der Waals surface area contributed by atoms with Crippen LogP contribution >= 0.6 is 0 Å². The van der Waals surface area contributed by atoms with E-state index in [9.17, 15) is 0 Å². The predicted molar refractivity (Wildman–Crippen MR) is 51.3 cm³/mol. The number of nitrogens with two attached hydrogens (primary N) is 1. The lowest BCUT2D eigenvalue weighted by Gasteiger charge is -2.41. The molecule has 70 valence electrons. The van der Waals surface area contributed by atoms with Crippen LogP contribution in [0.4, 0.5) is 0 Å². The first-order chi connectivity index (χ1) is 5.42. The summed E-state index contributed by atoms with van der Waals surface area (Å²) in [4.78, 5) is 2.35. The summed E-state index contributed by atoms with van der Waals surface area (Å²) in [6.07, 6.45) is 0. The van der Waals surface area contributed by atoms with E-state index in [1.165, 1.54) is 0 Å². The van der Waals surface area contributed by atoms with E-state index in [4.69, 9.17) is 11.1 Å². The van der Waals surface area contributed by atoms with Crippen molar-refractivity contribution in [3.8, 4) is 0 Å². The van der Waals surface area contributed by atoms with E-state index in [0.29, 0.717) is 5.84 Å². The van der Waals surface area contributed by atoms with Gasteiger partial charge in [-0.2, -0.15) is 0 Å². The van der Waals surface area contributed by atoms with Crippen LogP contribution in [0.3, 0.4) is 0 Å². The standard InChI is InChI=1S/C9H19N3/c1-7-4-12(5-7)6-9(2,3)8(10)11/h7H,4-6H2,1-3H3,(H3,10,11). The first kappa shape index (κ1) is 9.52. The molecule has 0 bridgehead atoms. The highest BCUT2D eigenvalue weighted by molar-refractivity contribution is 5.82. The molecule has 1 fully saturated rings. The number of amidine groups is 1. The van der Waals surface area contributed by atoms with Gasteiger partial charge in [0.25, 0.3) is 0 Å². The van der Waals surface area contributed by atoms with Crippen LogP contribution in [0.15, 0.2) is 0 Å². The Morgan fingerprint density at radius 2 is 2.08 bits per heavy atom. The number of hydrogen-bond donors (Lipinski definition) is 2. The molecule has 1 heterocycles. The first-order valence-electron chi connectivity index (χ1n) is 4.48. The highest BCUT2D eigenvalue weighted by Crippen LogP contribution is 2.22. The van der Waals surface area contributed by atoms with Crippen LogP contribution in [0, 0.1) is 16.7 Å². The number of likely N-dealkylation sites (tertiary alicyclic amines) is 1. The lowest BCUT2D eigenvalue weighted by Crippen LogP contribution is -2.51. The molecule has 12 heavy (non-hydrogen) atoms. The van der Waals surface area contributed by atoms with Crippen LogP contribution < -0.4 is 5.73 Å². The maximum atomic E-state index is 7.39. The maximum absolute atomic E-state index is 7.39. The van der Waals surface area contributed by atoms with Gasteiger partial charge in [0, 0.05) is 25.0 Å². The summed E-state index contributed by atoms with van der Waals surface area (Å²) in [6.45, 7) is 9.55. The summed E-state index contributed by atoms with van der Waals surface area (Å²) in [5.74, 6) is 1.12. The zero-order valence-electron chi connectivity index (χ0n) is 8.22. The Kier molecular flexibility index (Phi) is 2.42. The summed E-state index contributed by atoms with van der Waals surface area (Å²) >= 11 is 0. The molecule has 0 aromatic carbocycles. The molecule has 0 radical (unpaired) electrons. The van der Waals surface area contributed by atoms with Gasteiger partial charge in [0.05, 0.1) is 5.84 Å². The number of rotatable bonds is 3. The summed E-state index contributed by atoms with van der Waals surface area (Å²) in [6, 6.07) is 0. The van der Waals surface area contributed by atoms with Crippen LogP contribution in [-0.4, -0.2) is 30.4 Å². The molecule has 0 saturated carbocycles. The average molecular weight is 169 g/mol. The fraction of sp³-hybridized carbons (Fsp3) is 0.889. The van der Waals surface area contributed by atoms with Crippen molar-refractivity contribution in [1.82, 2.24) is 4.90 Å². The third-order valence-corrected chi connectivity index (χ3v) is 2.49. The van der Waals surface area contributed by atoms with Crippen LogP contribution in [0.25, 0.3) is 0 Å². The minimum absolute atomic E-state index is 0.153. The zero-order chi connectivity index (χ0) is 9.35. The molecule has 1 saturated heterocycles. The smallest absolute Gasteiger partial charge is 0.0976 e. The topological polar surface area (TPSA) is 53.1 Å². The number of nitrogens with zero attached hydrogens (tertiary/aromatic N) is 1. The number of nitrogens with one attached hydrogen (secondary N) is 1. The largest absolute Gasteiger partial charge is 0.387 e. The van der Waals surface area contributed by atoms with E-state index in [1.54, 1.807) is 0 Å². The van der Waals surface area contributed by atoms with E-state index in [0.717, 1.165) is 25.6 Å². The van der Waals surface area contributed by atoms with Gasteiger partial charge in [0.15, 0.2) is 0 Å². The lowest BCUT2D eigenvalue weighted by atomic mass is 9.89. The summed E-state index contributed by atoms with van der Waals surface area (Å²) in [5, 5.41) is 7.39. The summed E-state index contributed by atoms with van der Waals surface area (Å²) in [5.41, 5.74) is 5.34. The maximum Gasteiger partial charge on any atom is 0.0976 e. The van der Waals surface area contributed by atoms with Gasteiger partial charge < -0.3 is 10.6 Å². The molecule has 0 aromatic heterocycles. The monoisotopic (exact) mass is 169 g/mol. The van der Waals surface area contributed by atoms with Gasteiger partial charge >= 0.3 is 0 Å². The molecule has 3 N–H and O–H groups in total. The van der Waals surface area contributed by atoms with Crippen molar-refractivity contribution < 1.29 is 0 Å². The molecule has 0 aromatic rings. The third-order valence-electron chi connectivity index (χ3n) is 2.49. The molecule has 0 atom stereocenters. The molecule has 0 amide bonds. The Bertz CT molecular complexity index is 180. The van der Waals surface area contributed by atoms with Crippen molar-refractivity contribution in [2.24, 2.45) is 17.1 Å². The normalized spacial score (nSPS) is 20.6.